The standard InChI is InChI=1S/C30H48N6O2S/c1-9-35(8)20(2)16-17-32-34-27(30(5,6)7)29(38)36-18-10-11-25(36)28(37)33-21(3)23-12-14-24(15-13-23)26-22(4)31-19-39-26/h12-15,19-21,25,27,32,34H,9-11,16-18H2,1-8H3,(H,33,37)/t20?,21-,25?,27?/m0/s1. The maximum atomic E-state index is 13.8. The second-order valence-electron chi connectivity index (χ2n) is 11.9. The number of amides is 2. The molecule has 3 rings (SSSR count). The van der Waals surface area contributed by atoms with Gasteiger partial charge in [-0.15, -0.1) is 11.3 Å². The summed E-state index contributed by atoms with van der Waals surface area (Å²) in [5.74, 6) is -0.115. The Balaban J connectivity index is 1.60. The van der Waals surface area contributed by atoms with Crippen LogP contribution in [-0.2, 0) is 9.59 Å². The summed E-state index contributed by atoms with van der Waals surface area (Å²) in [6.07, 6.45) is 2.48. The van der Waals surface area contributed by atoms with E-state index in [-0.39, 0.29) is 23.3 Å². The van der Waals surface area contributed by atoms with Crippen LogP contribution in [0.4, 0.5) is 0 Å². The molecule has 0 saturated carbocycles. The molecule has 1 fully saturated rings. The van der Waals surface area contributed by atoms with Gasteiger partial charge in [0.15, 0.2) is 0 Å². The molecule has 0 radical (unpaired) electrons. The summed E-state index contributed by atoms with van der Waals surface area (Å²) >= 11 is 1.63. The molecular weight excluding hydrogens is 508 g/mol. The van der Waals surface area contributed by atoms with Gasteiger partial charge in [-0.1, -0.05) is 52.0 Å². The number of nitrogens with one attached hydrogen (secondary N) is 3. The van der Waals surface area contributed by atoms with Crippen molar-refractivity contribution in [3.8, 4) is 10.4 Å². The van der Waals surface area contributed by atoms with E-state index in [1.165, 1.54) is 0 Å². The molecular formula is C30H48N6O2S. The summed E-state index contributed by atoms with van der Waals surface area (Å²) < 4.78 is 0. The van der Waals surface area contributed by atoms with Crippen LogP contribution in [0, 0.1) is 12.3 Å². The largest absolute Gasteiger partial charge is 0.348 e. The number of aryl methyl sites for hydroxylation is 1. The van der Waals surface area contributed by atoms with E-state index < -0.39 is 12.1 Å². The minimum Gasteiger partial charge on any atom is -0.348 e. The fourth-order valence-electron chi connectivity index (χ4n) is 5.00. The van der Waals surface area contributed by atoms with E-state index in [1.54, 1.807) is 16.2 Å². The van der Waals surface area contributed by atoms with E-state index >= 15 is 0 Å². The molecule has 8 nitrogen and oxygen atoms in total. The summed E-state index contributed by atoms with van der Waals surface area (Å²) in [6.45, 7) is 16.9. The Labute approximate surface area is 238 Å². The Bertz CT molecular complexity index is 1080. The fraction of sp³-hybridized carbons (Fsp3) is 0.633. The van der Waals surface area contributed by atoms with Gasteiger partial charge in [0.2, 0.25) is 11.8 Å². The van der Waals surface area contributed by atoms with Gasteiger partial charge in [-0.2, -0.15) is 0 Å². The van der Waals surface area contributed by atoms with Crippen LogP contribution in [0.1, 0.15) is 78.1 Å². The van der Waals surface area contributed by atoms with Crippen LogP contribution < -0.4 is 16.2 Å². The van der Waals surface area contributed by atoms with Gasteiger partial charge in [0.1, 0.15) is 12.1 Å². The number of hydrazine groups is 1. The lowest BCUT2D eigenvalue weighted by Crippen LogP contribution is -2.59. The normalized spacial score (nSPS) is 18.3. The highest BCUT2D eigenvalue weighted by atomic mass is 32.1. The Kier molecular flexibility index (Phi) is 11.1. The van der Waals surface area contributed by atoms with Crippen LogP contribution in [0.3, 0.4) is 0 Å². The van der Waals surface area contributed by atoms with Crippen molar-refractivity contribution in [3.05, 3.63) is 41.0 Å². The molecule has 1 aliphatic heterocycles. The van der Waals surface area contributed by atoms with Gasteiger partial charge >= 0.3 is 0 Å². The minimum atomic E-state index is -0.455. The van der Waals surface area contributed by atoms with Crippen LogP contribution >= 0.6 is 11.3 Å². The van der Waals surface area contributed by atoms with Crippen molar-refractivity contribution in [2.24, 2.45) is 5.41 Å². The van der Waals surface area contributed by atoms with Crippen molar-refractivity contribution in [2.45, 2.75) is 91.9 Å². The van der Waals surface area contributed by atoms with Crippen molar-refractivity contribution in [1.29, 1.82) is 0 Å². The van der Waals surface area contributed by atoms with E-state index in [4.69, 9.17) is 0 Å². The number of likely N-dealkylation sites (tertiary alicyclic amines) is 1. The molecule has 0 aliphatic carbocycles. The van der Waals surface area contributed by atoms with E-state index in [1.807, 2.05) is 19.4 Å². The van der Waals surface area contributed by atoms with E-state index in [0.717, 1.165) is 47.6 Å². The molecule has 9 heteroatoms. The Morgan fingerprint density at radius 1 is 1.21 bits per heavy atom. The molecule has 2 aromatic rings. The zero-order valence-electron chi connectivity index (χ0n) is 25.0. The fourth-order valence-corrected chi connectivity index (χ4v) is 5.81. The lowest BCUT2D eigenvalue weighted by Gasteiger charge is -2.36. The average Bonchev–Trinajstić information content (AvgIpc) is 3.56. The van der Waals surface area contributed by atoms with Crippen LogP contribution in [0.2, 0.25) is 0 Å². The van der Waals surface area contributed by atoms with Gasteiger partial charge in [0.05, 0.1) is 22.1 Å². The third-order valence-corrected chi connectivity index (χ3v) is 8.89. The lowest BCUT2D eigenvalue weighted by molar-refractivity contribution is -0.142. The molecule has 1 aromatic carbocycles. The quantitative estimate of drug-likeness (QED) is 0.263. The van der Waals surface area contributed by atoms with Gasteiger partial charge in [0.25, 0.3) is 0 Å². The molecule has 39 heavy (non-hydrogen) atoms. The second-order valence-corrected chi connectivity index (χ2v) is 12.7. The van der Waals surface area contributed by atoms with Crippen molar-refractivity contribution >= 4 is 23.2 Å². The van der Waals surface area contributed by atoms with Gasteiger partial charge in [-0.25, -0.2) is 10.4 Å². The maximum absolute atomic E-state index is 13.8. The third kappa shape index (κ3) is 8.10. The zero-order chi connectivity index (χ0) is 28.7. The predicted molar refractivity (Wildman–Crippen MR) is 160 cm³/mol. The number of benzene rings is 1. The molecule has 0 spiro atoms. The van der Waals surface area contributed by atoms with Gasteiger partial charge in [-0.3, -0.25) is 15.0 Å². The molecule has 0 bridgehead atoms. The highest BCUT2D eigenvalue weighted by Crippen LogP contribution is 2.29. The number of carbonyl (C=O) groups excluding carboxylic acids is 2. The molecule has 2 amide bonds. The number of hydrogen-bond acceptors (Lipinski definition) is 7. The Morgan fingerprint density at radius 2 is 1.90 bits per heavy atom. The zero-order valence-corrected chi connectivity index (χ0v) is 25.8. The summed E-state index contributed by atoms with van der Waals surface area (Å²) in [5.41, 5.74) is 11.3. The van der Waals surface area contributed by atoms with Crippen molar-refractivity contribution in [2.75, 3.05) is 26.7 Å². The lowest BCUT2D eigenvalue weighted by atomic mass is 9.86. The summed E-state index contributed by atoms with van der Waals surface area (Å²) in [6, 6.07) is 7.68. The smallest absolute Gasteiger partial charge is 0.243 e. The maximum Gasteiger partial charge on any atom is 0.243 e. The second kappa shape index (κ2) is 13.8. The molecule has 2 heterocycles. The number of thiazole rings is 1. The van der Waals surface area contributed by atoms with E-state index in [0.29, 0.717) is 19.0 Å². The molecule has 1 aliphatic rings. The summed E-state index contributed by atoms with van der Waals surface area (Å²) in [5, 5.41) is 3.16. The van der Waals surface area contributed by atoms with Gasteiger partial charge in [0, 0.05) is 19.1 Å². The molecule has 3 N–H and O–H groups in total. The predicted octanol–water partition coefficient (Wildman–Crippen LogP) is 4.53. The Hall–Kier alpha value is -2.33. The molecule has 1 aromatic heterocycles. The van der Waals surface area contributed by atoms with Crippen molar-refractivity contribution in [3.63, 3.8) is 0 Å². The van der Waals surface area contributed by atoms with Crippen LogP contribution in [0.15, 0.2) is 29.8 Å². The van der Waals surface area contributed by atoms with Crippen molar-refractivity contribution in [1.82, 2.24) is 31.0 Å². The summed E-state index contributed by atoms with van der Waals surface area (Å²) in [4.78, 5) is 36.7. The van der Waals surface area contributed by atoms with E-state index in [9.17, 15) is 9.59 Å². The first kappa shape index (κ1) is 31.2. The number of nitrogens with zero attached hydrogens (tertiary/aromatic N) is 3. The van der Waals surface area contributed by atoms with Crippen LogP contribution in [0.5, 0.6) is 0 Å². The Morgan fingerprint density at radius 3 is 2.49 bits per heavy atom. The minimum absolute atomic E-state index is 0.0247. The first-order valence-electron chi connectivity index (χ1n) is 14.2. The van der Waals surface area contributed by atoms with Crippen LogP contribution in [-0.4, -0.2) is 71.4 Å². The number of rotatable bonds is 12. The van der Waals surface area contributed by atoms with Gasteiger partial charge in [-0.05, 0) is 70.2 Å². The van der Waals surface area contributed by atoms with Gasteiger partial charge < -0.3 is 15.1 Å². The highest BCUT2D eigenvalue weighted by Gasteiger charge is 2.41. The molecule has 216 valence electrons. The SMILES string of the molecule is CCN(C)C(C)CCNNC(C(=O)N1CCCC1C(=O)N[C@@H](C)c1ccc(-c2scnc2C)cc1)C(C)(C)C. The van der Waals surface area contributed by atoms with Crippen LogP contribution in [0.25, 0.3) is 10.4 Å². The molecule has 3 unspecified atom stereocenters. The number of hydrogen-bond donors (Lipinski definition) is 3. The first-order valence-corrected chi connectivity index (χ1v) is 15.1. The number of carbonyl (C=O) groups is 2. The van der Waals surface area contributed by atoms with Crippen molar-refractivity contribution < 1.29 is 9.59 Å². The molecule has 1 saturated heterocycles. The average molecular weight is 557 g/mol. The number of aromatic nitrogens is 1. The highest BCUT2D eigenvalue weighted by molar-refractivity contribution is 7.13. The first-order chi connectivity index (χ1) is 18.4. The third-order valence-electron chi connectivity index (χ3n) is 7.91. The topological polar surface area (TPSA) is 89.6 Å². The van der Waals surface area contributed by atoms with E-state index in [2.05, 4.69) is 92.0 Å². The monoisotopic (exact) mass is 556 g/mol. The summed E-state index contributed by atoms with van der Waals surface area (Å²) in [7, 11) is 2.12. The molecule has 4 atom stereocenters.